The molecule has 0 spiro atoms. The lowest BCUT2D eigenvalue weighted by Crippen LogP contribution is -2.21. The molecule has 0 atom stereocenters. The number of aromatic nitrogens is 2. The number of para-hydroxylation sites is 1. The van der Waals surface area contributed by atoms with Gasteiger partial charge < -0.3 is 20.7 Å². The standard InChI is InChI=1S/C25H26N6O5/c1-16(32)27-17-11-13-18(14-12-17)28-25-26-15-22(31(34)35)23(30-25)29-21-10-6-5-9-20(21)24(33)36-19-7-3-2-4-8-19/h5-6,9-15,19H,2-4,7-8H2,1H3,(H,27,32)(H2,26,28,29,30). The molecule has 1 amide bonds. The molecule has 11 nitrogen and oxygen atoms in total. The topological polar surface area (TPSA) is 148 Å². The van der Waals surface area contributed by atoms with Gasteiger partial charge in [0.15, 0.2) is 0 Å². The number of nitro groups is 1. The van der Waals surface area contributed by atoms with Crippen LogP contribution in [0.2, 0.25) is 0 Å². The number of ether oxygens (including phenoxy) is 1. The van der Waals surface area contributed by atoms with Gasteiger partial charge in [0, 0.05) is 18.3 Å². The summed E-state index contributed by atoms with van der Waals surface area (Å²) in [6.07, 6.45) is 5.82. The van der Waals surface area contributed by atoms with Gasteiger partial charge in [0.2, 0.25) is 17.7 Å². The smallest absolute Gasteiger partial charge is 0.340 e. The third-order valence-corrected chi connectivity index (χ3v) is 5.65. The van der Waals surface area contributed by atoms with Crippen LogP contribution in [0, 0.1) is 10.1 Å². The van der Waals surface area contributed by atoms with E-state index in [0.717, 1.165) is 38.3 Å². The van der Waals surface area contributed by atoms with Crippen molar-refractivity contribution in [1.29, 1.82) is 0 Å². The van der Waals surface area contributed by atoms with Crippen molar-refractivity contribution in [3.63, 3.8) is 0 Å². The zero-order valence-corrected chi connectivity index (χ0v) is 19.7. The minimum atomic E-state index is -0.600. The van der Waals surface area contributed by atoms with Crippen LogP contribution in [0.4, 0.5) is 34.5 Å². The van der Waals surface area contributed by atoms with Crippen molar-refractivity contribution in [2.75, 3.05) is 16.0 Å². The van der Waals surface area contributed by atoms with Gasteiger partial charge >= 0.3 is 11.7 Å². The van der Waals surface area contributed by atoms with Crippen LogP contribution in [-0.2, 0) is 9.53 Å². The minimum Gasteiger partial charge on any atom is -0.459 e. The molecular weight excluding hydrogens is 464 g/mol. The molecule has 0 aliphatic heterocycles. The van der Waals surface area contributed by atoms with Crippen LogP contribution in [0.1, 0.15) is 49.4 Å². The summed E-state index contributed by atoms with van der Waals surface area (Å²) < 4.78 is 5.69. The van der Waals surface area contributed by atoms with Crippen molar-refractivity contribution in [1.82, 2.24) is 9.97 Å². The van der Waals surface area contributed by atoms with E-state index in [1.807, 2.05) is 0 Å². The lowest BCUT2D eigenvalue weighted by Gasteiger charge is -2.22. The number of carbonyl (C=O) groups is 2. The largest absolute Gasteiger partial charge is 0.459 e. The summed E-state index contributed by atoms with van der Waals surface area (Å²) in [5.41, 5.74) is 1.49. The van der Waals surface area contributed by atoms with Crippen LogP contribution in [0.5, 0.6) is 0 Å². The summed E-state index contributed by atoms with van der Waals surface area (Å²) in [7, 11) is 0. The summed E-state index contributed by atoms with van der Waals surface area (Å²) in [6, 6.07) is 13.5. The molecule has 1 heterocycles. The quantitative estimate of drug-likeness (QED) is 0.217. The number of benzene rings is 2. The van der Waals surface area contributed by atoms with E-state index in [1.165, 1.54) is 6.92 Å². The maximum atomic E-state index is 12.9. The molecule has 0 bridgehead atoms. The van der Waals surface area contributed by atoms with E-state index in [1.54, 1.807) is 48.5 Å². The fourth-order valence-corrected chi connectivity index (χ4v) is 3.93. The Labute approximate surface area is 207 Å². The molecule has 1 saturated carbocycles. The van der Waals surface area contributed by atoms with Gasteiger partial charge in [-0.25, -0.2) is 9.78 Å². The Kier molecular flexibility index (Phi) is 7.69. The van der Waals surface area contributed by atoms with Crippen molar-refractivity contribution >= 4 is 46.4 Å². The van der Waals surface area contributed by atoms with Crippen LogP contribution in [0.3, 0.4) is 0 Å². The first-order chi connectivity index (χ1) is 17.4. The normalized spacial score (nSPS) is 13.5. The average Bonchev–Trinajstić information content (AvgIpc) is 2.86. The first-order valence-electron chi connectivity index (χ1n) is 11.6. The molecule has 3 aromatic rings. The van der Waals surface area contributed by atoms with Crippen molar-refractivity contribution in [3.8, 4) is 0 Å². The number of esters is 1. The molecule has 4 rings (SSSR count). The van der Waals surface area contributed by atoms with Crippen LogP contribution >= 0.6 is 0 Å². The number of hydrogen-bond donors (Lipinski definition) is 3. The van der Waals surface area contributed by atoms with E-state index < -0.39 is 10.9 Å². The van der Waals surface area contributed by atoms with Gasteiger partial charge in [-0.3, -0.25) is 14.9 Å². The zero-order chi connectivity index (χ0) is 25.5. The summed E-state index contributed by atoms with van der Waals surface area (Å²) in [5, 5.41) is 20.2. The Morgan fingerprint density at radius 1 is 1.00 bits per heavy atom. The van der Waals surface area contributed by atoms with Crippen molar-refractivity contribution in [3.05, 3.63) is 70.4 Å². The monoisotopic (exact) mass is 490 g/mol. The Morgan fingerprint density at radius 2 is 1.69 bits per heavy atom. The summed E-state index contributed by atoms with van der Waals surface area (Å²) in [4.78, 5) is 43.4. The zero-order valence-electron chi connectivity index (χ0n) is 19.7. The summed E-state index contributed by atoms with van der Waals surface area (Å²) in [5.74, 6) is -0.643. The molecule has 1 aromatic heterocycles. The molecule has 36 heavy (non-hydrogen) atoms. The highest BCUT2D eigenvalue weighted by atomic mass is 16.6. The van der Waals surface area contributed by atoms with E-state index in [4.69, 9.17) is 4.74 Å². The van der Waals surface area contributed by atoms with Gasteiger partial charge in [-0.2, -0.15) is 4.98 Å². The van der Waals surface area contributed by atoms with Gasteiger partial charge in [-0.05, 0) is 62.1 Å². The van der Waals surface area contributed by atoms with E-state index in [9.17, 15) is 19.7 Å². The average molecular weight is 491 g/mol. The first-order valence-corrected chi connectivity index (χ1v) is 11.6. The molecule has 0 unspecified atom stereocenters. The van der Waals surface area contributed by atoms with Gasteiger partial charge in [0.05, 0.1) is 16.2 Å². The van der Waals surface area contributed by atoms with Crippen LogP contribution in [-0.4, -0.2) is 32.9 Å². The third kappa shape index (κ3) is 6.32. The Bertz CT molecular complexity index is 1260. The fraction of sp³-hybridized carbons (Fsp3) is 0.280. The number of rotatable bonds is 8. The van der Waals surface area contributed by atoms with Crippen molar-refractivity contribution < 1.29 is 19.2 Å². The fourth-order valence-electron chi connectivity index (χ4n) is 3.93. The molecule has 1 aliphatic carbocycles. The molecule has 186 valence electrons. The van der Waals surface area contributed by atoms with Crippen LogP contribution in [0.15, 0.2) is 54.7 Å². The molecule has 1 aliphatic rings. The minimum absolute atomic E-state index is 0.0784. The summed E-state index contributed by atoms with van der Waals surface area (Å²) >= 11 is 0. The van der Waals surface area contributed by atoms with Gasteiger partial charge in [0.1, 0.15) is 12.3 Å². The number of amides is 1. The number of carbonyl (C=O) groups excluding carboxylic acids is 2. The van der Waals surface area contributed by atoms with Gasteiger partial charge in [-0.1, -0.05) is 18.6 Å². The molecule has 2 aromatic carbocycles. The van der Waals surface area contributed by atoms with Gasteiger partial charge in [-0.15, -0.1) is 0 Å². The SMILES string of the molecule is CC(=O)Nc1ccc(Nc2ncc([N+](=O)[O-])c(Nc3ccccc3C(=O)OC3CCCCC3)n2)cc1. The Balaban J connectivity index is 1.55. The van der Waals surface area contributed by atoms with E-state index >= 15 is 0 Å². The molecule has 0 saturated heterocycles. The molecule has 0 radical (unpaired) electrons. The predicted molar refractivity (Wildman–Crippen MR) is 135 cm³/mol. The highest BCUT2D eigenvalue weighted by Crippen LogP contribution is 2.30. The number of nitrogens with zero attached hydrogens (tertiary/aromatic N) is 3. The Morgan fingerprint density at radius 3 is 2.39 bits per heavy atom. The van der Waals surface area contributed by atoms with Crippen molar-refractivity contribution in [2.24, 2.45) is 0 Å². The maximum absolute atomic E-state index is 12.9. The molecule has 3 N–H and O–H groups in total. The van der Waals surface area contributed by atoms with Crippen LogP contribution in [0.25, 0.3) is 0 Å². The highest BCUT2D eigenvalue weighted by molar-refractivity contribution is 5.96. The molecular formula is C25H26N6O5. The first kappa shape index (κ1) is 24.6. The molecule has 1 fully saturated rings. The van der Waals surface area contributed by atoms with E-state index in [-0.39, 0.29) is 35.0 Å². The van der Waals surface area contributed by atoms with Crippen molar-refractivity contribution in [2.45, 2.75) is 45.1 Å². The van der Waals surface area contributed by atoms with E-state index in [0.29, 0.717) is 17.1 Å². The number of anilines is 5. The lowest BCUT2D eigenvalue weighted by molar-refractivity contribution is -0.384. The van der Waals surface area contributed by atoms with Gasteiger partial charge in [0.25, 0.3) is 0 Å². The molecule has 11 heteroatoms. The second kappa shape index (κ2) is 11.3. The second-order valence-corrected chi connectivity index (χ2v) is 8.40. The second-order valence-electron chi connectivity index (χ2n) is 8.40. The van der Waals surface area contributed by atoms with Crippen LogP contribution < -0.4 is 16.0 Å². The predicted octanol–water partition coefficient (Wildman–Crippen LogP) is 5.32. The summed E-state index contributed by atoms with van der Waals surface area (Å²) in [6.45, 7) is 1.42. The number of nitrogens with one attached hydrogen (secondary N) is 3. The highest BCUT2D eigenvalue weighted by Gasteiger charge is 2.23. The third-order valence-electron chi connectivity index (χ3n) is 5.65. The van der Waals surface area contributed by atoms with E-state index in [2.05, 4.69) is 25.9 Å². The Hall–Kier alpha value is -4.54. The lowest BCUT2D eigenvalue weighted by atomic mass is 9.98. The maximum Gasteiger partial charge on any atom is 0.340 e. The number of hydrogen-bond acceptors (Lipinski definition) is 9.